The zero-order chi connectivity index (χ0) is 13.9. The van der Waals surface area contributed by atoms with Crippen LogP contribution in [0.25, 0.3) is 0 Å². The first kappa shape index (κ1) is 13.8. The van der Waals surface area contributed by atoms with Crippen molar-refractivity contribution in [3.8, 4) is 0 Å². The Hall–Kier alpha value is -1.58. The molecule has 0 atom stereocenters. The average Bonchev–Trinajstić information content (AvgIpc) is 2.67. The zero-order valence-corrected chi connectivity index (χ0v) is 11.7. The number of aliphatic imine (C=N–C) groups is 1. The number of nitrogens with two attached hydrogens (primary N) is 1. The smallest absolute Gasteiger partial charge is 0.196 e. The molecule has 0 spiro atoms. The van der Waals surface area contributed by atoms with E-state index >= 15 is 0 Å². The molecule has 0 bridgehead atoms. The van der Waals surface area contributed by atoms with Gasteiger partial charge in [-0.3, -0.25) is 4.99 Å². The number of halogens is 1. The molecular weight excluding hydrogens is 241 g/mol. The van der Waals surface area contributed by atoms with Crippen LogP contribution in [0.4, 0.5) is 10.1 Å². The second kappa shape index (κ2) is 5.59. The summed E-state index contributed by atoms with van der Waals surface area (Å²) in [6.07, 6.45) is 4.16. The van der Waals surface area contributed by atoms with Crippen molar-refractivity contribution in [3.05, 3.63) is 30.1 Å². The van der Waals surface area contributed by atoms with E-state index in [0.29, 0.717) is 12.5 Å². The lowest BCUT2D eigenvalue weighted by atomic mass is 9.87. The van der Waals surface area contributed by atoms with E-state index in [1.54, 1.807) is 6.07 Å². The molecule has 0 saturated carbocycles. The molecule has 104 valence electrons. The third-order valence-corrected chi connectivity index (χ3v) is 3.74. The minimum Gasteiger partial charge on any atom is -0.369 e. The van der Waals surface area contributed by atoms with Crippen molar-refractivity contribution in [1.82, 2.24) is 0 Å². The van der Waals surface area contributed by atoms with Gasteiger partial charge in [-0.15, -0.1) is 0 Å². The highest BCUT2D eigenvalue weighted by atomic mass is 19.1. The van der Waals surface area contributed by atoms with E-state index < -0.39 is 0 Å². The summed E-state index contributed by atoms with van der Waals surface area (Å²) in [6, 6.07) is 6.61. The standard InChI is InChI=1S/C15H22FN3/c1-3-8-15(9-4-2)11-18-14(17)19(15)13-7-5-6-12(16)10-13/h5-7,10H,3-4,8-9,11H2,1-2H3,(H2,17,18). The Kier molecular flexibility index (Phi) is 4.08. The van der Waals surface area contributed by atoms with Gasteiger partial charge in [0.1, 0.15) is 5.82 Å². The third kappa shape index (κ3) is 2.57. The molecule has 1 aromatic carbocycles. The SMILES string of the molecule is CCCC1(CCC)CN=C(N)N1c1cccc(F)c1. The van der Waals surface area contributed by atoms with E-state index in [-0.39, 0.29) is 11.4 Å². The number of benzene rings is 1. The van der Waals surface area contributed by atoms with Crippen molar-refractivity contribution >= 4 is 11.6 Å². The van der Waals surface area contributed by atoms with Crippen LogP contribution in [0.2, 0.25) is 0 Å². The van der Waals surface area contributed by atoms with E-state index in [1.165, 1.54) is 12.1 Å². The van der Waals surface area contributed by atoms with E-state index in [4.69, 9.17) is 5.73 Å². The molecule has 3 nitrogen and oxygen atoms in total. The second-order valence-electron chi connectivity index (χ2n) is 5.21. The van der Waals surface area contributed by atoms with Crippen LogP contribution in [0.3, 0.4) is 0 Å². The number of hydrogen-bond donors (Lipinski definition) is 1. The Morgan fingerprint density at radius 3 is 2.58 bits per heavy atom. The van der Waals surface area contributed by atoms with E-state index in [1.807, 2.05) is 11.0 Å². The zero-order valence-electron chi connectivity index (χ0n) is 11.7. The number of guanidine groups is 1. The molecule has 0 fully saturated rings. The fourth-order valence-electron chi connectivity index (χ4n) is 3.07. The molecule has 2 rings (SSSR count). The summed E-state index contributed by atoms with van der Waals surface area (Å²) < 4.78 is 13.5. The van der Waals surface area contributed by atoms with Gasteiger partial charge < -0.3 is 10.6 Å². The molecule has 0 aliphatic carbocycles. The number of anilines is 1. The summed E-state index contributed by atoms with van der Waals surface area (Å²) in [5.41, 5.74) is 6.77. The van der Waals surface area contributed by atoms with Gasteiger partial charge in [0.2, 0.25) is 0 Å². The Balaban J connectivity index is 2.40. The van der Waals surface area contributed by atoms with E-state index in [0.717, 1.165) is 31.4 Å². The Morgan fingerprint density at radius 1 is 1.32 bits per heavy atom. The van der Waals surface area contributed by atoms with Gasteiger partial charge in [0.25, 0.3) is 0 Å². The van der Waals surface area contributed by atoms with Crippen molar-refractivity contribution in [2.24, 2.45) is 10.7 Å². The molecule has 1 aliphatic rings. The van der Waals surface area contributed by atoms with Crippen molar-refractivity contribution in [2.45, 2.75) is 45.1 Å². The lowest BCUT2D eigenvalue weighted by molar-refractivity contribution is 0.384. The molecule has 2 N–H and O–H groups in total. The highest BCUT2D eigenvalue weighted by Crippen LogP contribution is 2.36. The molecule has 0 aromatic heterocycles. The Morgan fingerprint density at radius 2 is 2.00 bits per heavy atom. The molecule has 0 unspecified atom stereocenters. The molecular formula is C15H22FN3. The molecule has 1 aliphatic heterocycles. The second-order valence-corrected chi connectivity index (χ2v) is 5.21. The van der Waals surface area contributed by atoms with Crippen LogP contribution in [0.5, 0.6) is 0 Å². The topological polar surface area (TPSA) is 41.6 Å². The normalized spacial score (nSPS) is 17.6. The van der Waals surface area contributed by atoms with Crippen LogP contribution in [0, 0.1) is 5.82 Å². The quantitative estimate of drug-likeness (QED) is 0.885. The first-order chi connectivity index (χ1) is 9.13. The summed E-state index contributed by atoms with van der Waals surface area (Å²) >= 11 is 0. The maximum absolute atomic E-state index is 13.5. The van der Waals surface area contributed by atoms with Crippen LogP contribution >= 0.6 is 0 Å². The molecule has 0 saturated heterocycles. The summed E-state index contributed by atoms with van der Waals surface area (Å²) in [6.45, 7) is 5.03. The van der Waals surface area contributed by atoms with Gasteiger partial charge in [-0.2, -0.15) is 0 Å². The van der Waals surface area contributed by atoms with Crippen LogP contribution in [0.15, 0.2) is 29.3 Å². The first-order valence-electron chi connectivity index (χ1n) is 6.98. The van der Waals surface area contributed by atoms with Crippen molar-refractivity contribution in [2.75, 3.05) is 11.4 Å². The predicted molar refractivity (Wildman–Crippen MR) is 77.9 cm³/mol. The van der Waals surface area contributed by atoms with Gasteiger partial charge in [0.15, 0.2) is 5.96 Å². The molecule has 0 amide bonds. The Bertz CT molecular complexity index is 464. The third-order valence-electron chi connectivity index (χ3n) is 3.74. The monoisotopic (exact) mass is 263 g/mol. The van der Waals surface area contributed by atoms with Crippen LogP contribution in [0.1, 0.15) is 39.5 Å². The summed E-state index contributed by atoms with van der Waals surface area (Å²) in [7, 11) is 0. The largest absolute Gasteiger partial charge is 0.369 e. The van der Waals surface area contributed by atoms with Crippen molar-refractivity contribution < 1.29 is 4.39 Å². The molecule has 4 heteroatoms. The maximum atomic E-state index is 13.5. The number of nitrogens with zero attached hydrogens (tertiary/aromatic N) is 2. The van der Waals surface area contributed by atoms with Crippen LogP contribution in [-0.2, 0) is 0 Å². The van der Waals surface area contributed by atoms with Gasteiger partial charge in [-0.1, -0.05) is 32.8 Å². The van der Waals surface area contributed by atoms with Crippen molar-refractivity contribution in [3.63, 3.8) is 0 Å². The lowest BCUT2D eigenvalue weighted by Crippen LogP contribution is -2.52. The van der Waals surface area contributed by atoms with Gasteiger partial charge in [0.05, 0.1) is 12.1 Å². The average molecular weight is 263 g/mol. The van der Waals surface area contributed by atoms with E-state index in [9.17, 15) is 4.39 Å². The number of rotatable bonds is 5. The van der Waals surface area contributed by atoms with Gasteiger partial charge >= 0.3 is 0 Å². The minimum absolute atomic E-state index is 0.0820. The molecule has 0 radical (unpaired) electrons. The van der Waals surface area contributed by atoms with Gasteiger partial charge in [-0.25, -0.2) is 4.39 Å². The molecule has 1 heterocycles. The van der Waals surface area contributed by atoms with Crippen molar-refractivity contribution in [1.29, 1.82) is 0 Å². The lowest BCUT2D eigenvalue weighted by Gasteiger charge is -2.39. The molecule has 19 heavy (non-hydrogen) atoms. The van der Waals surface area contributed by atoms with Gasteiger partial charge in [-0.05, 0) is 31.0 Å². The van der Waals surface area contributed by atoms with E-state index in [2.05, 4.69) is 18.8 Å². The van der Waals surface area contributed by atoms with Crippen LogP contribution in [-0.4, -0.2) is 18.0 Å². The highest BCUT2D eigenvalue weighted by Gasteiger charge is 2.41. The van der Waals surface area contributed by atoms with Gasteiger partial charge in [0, 0.05) is 5.69 Å². The molecule has 1 aromatic rings. The summed E-state index contributed by atoms with van der Waals surface area (Å²) in [5, 5.41) is 0. The minimum atomic E-state index is -0.237. The predicted octanol–water partition coefficient (Wildman–Crippen LogP) is 3.30. The Labute approximate surface area is 114 Å². The maximum Gasteiger partial charge on any atom is 0.196 e. The summed E-state index contributed by atoms with van der Waals surface area (Å²) in [5.74, 6) is 0.270. The highest BCUT2D eigenvalue weighted by molar-refractivity contribution is 5.98. The number of hydrogen-bond acceptors (Lipinski definition) is 3. The fraction of sp³-hybridized carbons (Fsp3) is 0.533. The summed E-state index contributed by atoms with van der Waals surface area (Å²) in [4.78, 5) is 6.44. The first-order valence-corrected chi connectivity index (χ1v) is 6.98. The van der Waals surface area contributed by atoms with Crippen LogP contribution < -0.4 is 10.6 Å². The fourth-order valence-corrected chi connectivity index (χ4v) is 3.07.